The van der Waals surface area contributed by atoms with E-state index in [1.807, 2.05) is 6.20 Å². The van der Waals surface area contributed by atoms with Gasteiger partial charge >= 0.3 is 0 Å². The Labute approximate surface area is 90.0 Å². The molecule has 0 aliphatic carbocycles. The molecule has 72 valence electrons. The zero-order chi connectivity index (χ0) is 9.80. The van der Waals surface area contributed by atoms with Gasteiger partial charge in [-0.25, -0.2) is 9.97 Å². The molecule has 0 aromatic carbocycles. The van der Waals surface area contributed by atoms with Crippen LogP contribution in [0, 0.1) is 0 Å². The molecular weight excluding hydrogens is 220 g/mol. The Balaban J connectivity index is 1.98. The van der Waals surface area contributed by atoms with E-state index in [1.165, 1.54) is 0 Å². The number of thiazole rings is 1. The Bertz CT molecular complexity index is 403. The lowest BCUT2D eigenvalue weighted by atomic mass is 10.5. The molecule has 0 atom stereocenters. The standard InChI is InChI=1S/C8H7ClN4S/c9-8-11-2-1-7(13-8)12-4-6-3-10-5-14-6/h1-3,5H,4H2,(H,11,12,13). The highest BCUT2D eigenvalue weighted by Crippen LogP contribution is 2.10. The molecular formula is C8H7ClN4S. The summed E-state index contributed by atoms with van der Waals surface area (Å²) >= 11 is 7.23. The first-order valence-electron chi connectivity index (χ1n) is 3.94. The number of hydrogen-bond acceptors (Lipinski definition) is 5. The van der Waals surface area contributed by atoms with E-state index in [9.17, 15) is 0 Å². The molecule has 0 aliphatic heterocycles. The van der Waals surface area contributed by atoms with Crippen LogP contribution in [0.1, 0.15) is 4.88 Å². The average Bonchev–Trinajstić information content (AvgIpc) is 2.67. The number of nitrogens with one attached hydrogen (secondary N) is 1. The van der Waals surface area contributed by atoms with Crippen molar-refractivity contribution >= 4 is 28.8 Å². The number of nitrogens with zero attached hydrogens (tertiary/aromatic N) is 3. The maximum Gasteiger partial charge on any atom is 0.224 e. The Morgan fingerprint density at radius 3 is 3.14 bits per heavy atom. The molecule has 0 saturated carbocycles. The van der Waals surface area contributed by atoms with E-state index in [0.717, 1.165) is 10.7 Å². The van der Waals surface area contributed by atoms with Crippen molar-refractivity contribution in [3.8, 4) is 0 Å². The maximum atomic E-state index is 5.63. The third-order valence-electron chi connectivity index (χ3n) is 1.55. The first-order chi connectivity index (χ1) is 6.84. The molecule has 2 aromatic heterocycles. The Kier molecular flexibility index (Phi) is 2.90. The van der Waals surface area contributed by atoms with Gasteiger partial charge in [0, 0.05) is 17.3 Å². The fourth-order valence-corrected chi connectivity index (χ4v) is 1.62. The number of hydrogen-bond donors (Lipinski definition) is 1. The largest absolute Gasteiger partial charge is 0.365 e. The lowest BCUT2D eigenvalue weighted by Gasteiger charge is -2.02. The van der Waals surface area contributed by atoms with Gasteiger partial charge in [-0.3, -0.25) is 4.98 Å². The second-order valence-corrected chi connectivity index (χ2v) is 3.84. The second kappa shape index (κ2) is 4.34. The predicted molar refractivity (Wildman–Crippen MR) is 56.5 cm³/mol. The minimum atomic E-state index is 0.249. The molecule has 0 spiro atoms. The van der Waals surface area contributed by atoms with Crippen molar-refractivity contribution in [3.63, 3.8) is 0 Å². The van der Waals surface area contributed by atoms with E-state index in [4.69, 9.17) is 11.6 Å². The van der Waals surface area contributed by atoms with Gasteiger partial charge in [-0.05, 0) is 17.7 Å². The topological polar surface area (TPSA) is 50.7 Å². The highest BCUT2D eigenvalue weighted by molar-refractivity contribution is 7.09. The van der Waals surface area contributed by atoms with Crippen molar-refractivity contribution in [2.45, 2.75) is 6.54 Å². The van der Waals surface area contributed by atoms with Crippen LogP contribution in [0.4, 0.5) is 5.82 Å². The Morgan fingerprint density at radius 1 is 1.50 bits per heavy atom. The molecule has 6 heteroatoms. The number of aromatic nitrogens is 3. The fraction of sp³-hybridized carbons (Fsp3) is 0.125. The van der Waals surface area contributed by atoms with E-state index in [1.54, 1.807) is 29.1 Å². The summed E-state index contributed by atoms with van der Waals surface area (Å²) in [4.78, 5) is 12.9. The smallest absolute Gasteiger partial charge is 0.224 e. The van der Waals surface area contributed by atoms with E-state index >= 15 is 0 Å². The quantitative estimate of drug-likeness (QED) is 0.816. The average molecular weight is 227 g/mol. The van der Waals surface area contributed by atoms with E-state index in [-0.39, 0.29) is 5.28 Å². The van der Waals surface area contributed by atoms with Crippen molar-refractivity contribution in [1.82, 2.24) is 15.0 Å². The van der Waals surface area contributed by atoms with Gasteiger partial charge in [-0.1, -0.05) is 0 Å². The molecule has 0 aliphatic rings. The van der Waals surface area contributed by atoms with E-state index < -0.39 is 0 Å². The SMILES string of the molecule is Clc1nccc(NCc2cncs2)n1. The molecule has 0 saturated heterocycles. The number of rotatable bonds is 3. The first-order valence-corrected chi connectivity index (χ1v) is 5.20. The molecule has 2 aromatic rings. The van der Waals surface area contributed by atoms with Crippen molar-refractivity contribution < 1.29 is 0 Å². The van der Waals surface area contributed by atoms with Crippen molar-refractivity contribution in [2.75, 3.05) is 5.32 Å². The minimum Gasteiger partial charge on any atom is -0.365 e. The highest BCUT2D eigenvalue weighted by atomic mass is 35.5. The predicted octanol–water partition coefficient (Wildman–Crippen LogP) is 2.20. The lowest BCUT2D eigenvalue weighted by Crippen LogP contribution is -2.00. The van der Waals surface area contributed by atoms with Gasteiger partial charge in [-0.15, -0.1) is 11.3 Å². The van der Waals surface area contributed by atoms with E-state index in [2.05, 4.69) is 20.3 Å². The summed E-state index contributed by atoms with van der Waals surface area (Å²) in [5, 5.41) is 3.37. The van der Waals surface area contributed by atoms with Crippen molar-refractivity contribution in [1.29, 1.82) is 0 Å². The zero-order valence-electron chi connectivity index (χ0n) is 7.14. The number of anilines is 1. The van der Waals surface area contributed by atoms with Gasteiger partial charge in [0.15, 0.2) is 0 Å². The third-order valence-corrected chi connectivity index (χ3v) is 2.52. The molecule has 2 rings (SSSR count). The third kappa shape index (κ3) is 2.40. The molecule has 0 bridgehead atoms. The molecule has 14 heavy (non-hydrogen) atoms. The summed E-state index contributed by atoms with van der Waals surface area (Å²) in [6, 6.07) is 1.77. The van der Waals surface area contributed by atoms with Crippen LogP contribution in [0.3, 0.4) is 0 Å². The molecule has 2 heterocycles. The number of halogens is 1. The molecule has 1 N–H and O–H groups in total. The van der Waals surface area contributed by atoms with Crippen LogP contribution in [0.25, 0.3) is 0 Å². The van der Waals surface area contributed by atoms with Crippen LogP contribution in [0.5, 0.6) is 0 Å². The molecule has 0 unspecified atom stereocenters. The van der Waals surface area contributed by atoms with Gasteiger partial charge in [0.25, 0.3) is 0 Å². The summed E-state index contributed by atoms with van der Waals surface area (Å²) in [7, 11) is 0. The molecule has 0 fully saturated rings. The summed E-state index contributed by atoms with van der Waals surface area (Å²) in [5.41, 5.74) is 1.80. The van der Waals surface area contributed by atoms with Crippen LogP contribution >= 0.6 is 22.9 Å². The summed E-state index contributed by atoms with van der Waals surface area (Å²) in [6.07, 6.45) is 3.44. The summed E-state index contributed by atoms with van der Waals surface area (Å²) in [6.45, 7) is 0.706. The summed E-state index contributed by atoms with van der Waals surface area (Å²) in [5.74, 6) is 0.721. The monoisotopic (exact) mass is 226 g/mol. The van der Waals surface area contributed by atoms with Gasteiger partial charge in [-0.2, -0.15) is 0 Å². The molecule has 0 radical (unpaired) electrons. The Hall–Kier alpha value is -1.20. The minimum absolute atomic E-state index is 0.249. The zero-order valence-corrected chi connectivity index (χ0v) is 8.72. The van der Waals surface area contributed by atoms with Gasteiger partial charge in [0.2, 0.25) is 5.28 Å². The van der Waals surface area contributed by atoms with Gasteiger partial charge in [0.05, 0.1) is 12.1 Å². The van der Waals surface area contributed by atoms with Crippen molar-refractivity contribution in [2.24, 2.45) is 0 Å². The first kappa shape index (κ1) is 9.36. The van der Waals surface area contributed by atoms with Gasteiger partial charge < -0.3 is 5.32 Å². The lowest BCUT2D eigenvalue weighted by molar-refractivity contribution is 1.09. The van der Waals surface area contributed by atoms with Crippen LogP contribution < -0.4 is 5.32 Å². The van der Waals surface area contributed by atoms with Crippen LogP contribution in [0.15, 0.2) is 24.0 Å². The molecule has 4 nitrogen and oxygen atoms in total. The summed E-state index contributed by atoms with van der Waals surface area (Å²) < 4.78 is 0. The fourth-order valence-electron chi connectivity index (χ4n) is 0.940. The van der Waals surface area contributed by atoms with Crippen molar-refractivity contribution in [3.05, 3.63) is 34.1 Å². The second-order valence-electron chi connectivity index (χ2n) is 2.53. The van der Waals surface area contributed by atoms with Crippen LogP contribution in [-0.4, -0.2) is 15.0 Å². The van der Waals surface area contributed by atoms with E-state index in [0.29, 0.717) is 6.54 Å². The van der Waals surface area contributed by atoms with Crippen LogP contribution in [0.2, 0.25) is 5.28 Å². The van der Waals surface area contributed by atoms with Crippen LogP contribution in [-0.2, 0) is 6.54 Å². The Morgan fingerprint density at radius 2 is 2.43 bits per heavy atom. The highest BCUT2D eigenvalue weighted by Gasteiger charge is 1.97. The molecule has 0 amide bonds. The van der Waals surface area contributed by atoms with Gasteiger partial charge in [0.1, 0.15) is 5.82 Å². The normalized spacial score (nSPS) is 10.1. The maximum absolute atomic E-state index is 5.63.